The smallest absolute Gasteiger partial charge is 0.226 e. The average Bonchev–Trinajstić information content (AvgIpc) is 3.23. The molecule has 2 aromatic carbocycles. The Hall–Kier alpha value is -2.55. The largest absolute Gasteiger partial charge is 0.444 e. The molecule has 0 spiro atoms. The van der Waals surface area contributed by atoms with Gasteiger partial charge in [0.25, 0.3) is 0 Å². The standard InChI is InChI=1S/C22H27N5O.HI/c1-23-22(24-14-9-15-27(2)20-12-7-4-8-13-20)25-16-19-17-28-21(26-19)18-10-5-3-6-11-18;/h3-8,10-13,17H,9,14-16H2,1-2H3,(H2,23,24,25);1H. The molecule has 0 atom stereocenters. The van der Waals surface area contributed by atoms with Crippen LogP contribution in [0.5, 0.6) is 0 Å². The fraction of sp³-hybridized carbons (Fsp3) is 0.273. The minimum absolute atomic E-state index is 0. The summed E-state index contributed by atoms with van der Waals surface area (Å²) in [5.41, 5.74) is 3.04. The summed E-state index contributed by atoms with van der Waals surface area (Å²) in [6, 6.07) is 20.3. The first kappa shape index (κ1) is 22.7. The van der Waals surface area contributed by atoms with Gasteiger partial charge in [-0.25, -0.2) is 4.98 Å². The van der Waals surface area contributed by atoms with Crippen molar-refractivity contribution >= 4 is 35.6 Å². The van der Waals surface area contributed by atoms with Crippen molar-refractivity contribution in [3.8, 4) is 11.5 Å². The number of para-hydroxylation sites is 1. The summed E-state index contributed by atoms with van der Waals surface area (Å²) in [5.74, 6) is 1.39. The summed E-state index contributed by atoms with van der Waals surface area (Å²) < 4.78 is 5.57. The number of anilines is 1. The van der Waals surface area contributed by atoms with Crippen molar-refractivity contribution in [1.82, 2.24) is 15.6 Å². The van der Waals surface area contributed by atoms with E-state index in [1.54, 1.807) is 13.3 Å². The third kappa shape index (κ3) is 7.08. The van der Waals surface area contributed by atoms with E-state index < -0.39 is 0 Å². The Kier molecular flexibility index (Phi) is 9.49. The second kappa shape index (κ2) is 12.1. The Bertz CT molecular complexity index is 867. The van der Waals surface area contributed by atoms with Crippen molar-refractivity contribution in [3.05, 3.63) is 72.6 Å². The Morgan fingerprint density at radius 2 is 1.72 bits per heavy atom. The summed E-state index contributed by atoms with van der Waals surface area (Å²) >= 11 is 0. The predicted molar refractivity (Wildman–Crippen MR) is 130 cm³/mol. The molecule has 1 aromatic heterocycles. The maximum Gasteiger partial charge on any atom is 0.226 e. The van der Waals surface area contributed by atoms with Crippen LogP contribution < -0.4 is 15.5 Å². The van der Waals surface area contributed by atoms with Crippen LogP contribution in [0, 0.1) is 0 Å². The lowest BCUT2D eigenvalue weighted by Crippen LogP contribution is -2.38. The van der Waals surface area contributed by atoms with Crippen molar-refractivity contribution in [3.63, 3.8) is 0 Å². The predicted octanol–water partition coefficient (Wildman–Crippen LogP) is 4.15. The van der Waals surface area contributed by atoms with Crippen molar-refractivity contribution in [1.29, 1.82) is 0 Å². The van der Waals surface area contributed by atoms with Gasteiger partial charge in [-0.2, -0.15) is 0 Å². The molecule has 1 heterocycles. The second-order valence-electron chi connectivity index (χ2n) is 6.47. The molecule has 0 aliphatic heterocycles. The summed E-state index contributed by atoms with van der Waals surface area (Å²) in [5, 5.41) is 6.61. The van der Waals surface area contributed by atoms with Crippen LogP contribution in [0.1, 0.15) is 12.1 Å². The first-order valence-corrected chi connectivity index (χ1v) is 9.47. The van der Waals surface area contributed by atoms with Crippen molar-refractivity contribution in [2.24, 2.45) is 4.99 Å². The topological polar surface area (TPSA) is 65.7 Å². The van der Waals surface area contributed by atoms with Gasteiger partial charge in [0.15, 0.2) is 5.96 Å². The summed E-state index contributed by atoms with van der Waals surface area (Å²) in [4.78, 5) is 11.0. The van der Waals surface area contributed by atoms with E-state index in [9.17, 15) is 0 Å². The maximum absolute atomic E-state index is 5.57. The number of benzene rings is 2. The molecular weight excluding hydrogens is 477 g/mol. The number of rotatable bonds is 8. The summed E-state index contributed by atoms with van der Waals surface area (Å²) in [6.45, 7) is 2.36. The second-order valence-corrected chi connectivity index (χ2v) is 6.47. The molecule has 154 valence electrons. The lowest BCUT2D eigenvalue weighted by atomic mass is 10.2. The molecule has 3 rings (SSSR count). The highest BCUT2D eigenvalue weighted by atomic mass is 127. The fourth-order valence-corrected chi connectivity index (χ4v) is 2.83. The highest BCUT2D eigenvalue weighted by Gasteiger charge is 2.07. The van der Waals surface area contributed by atoms with Crippen molar-refractivity contribution < 1.29 is 4.42 Å². The van der Waals surface area contributed by atoms with Crippen molar-refractivity contribution in [2.75, 3.05) is 32.1 Å². The minimum atomic E-state index is 0. The van der Waals surface area contributed by atoms with Crippen LogP contribution in [-0.2, 0) is 6.54 Å². The van der Waals surface area contributed by atoms with E-state index in [4.69, 9.17) is 4.42 Å². The maximum atomic E-state index is 5.57. The van der Waals surface area contributed by atoms with E-state index >= 15 is 0 Å². The van der Waals surface area contributed by atoms with Crippen LogP contribution in [0.25, 0.3) is 11.5 Å². The van der Waals surface area contributed by atoms with E-state index in [1.165, 1.54) is 5.69 Å². The Labute approximate surface area is 189 Å². The SMILES string of the molecule is CN=C(NCCCN(C)c1ccccc1)NCc1coc(-c2ccccc2)n1.I. The van der Waals surface area contributed by atoms with E-state index in [0.717, 1.165) is 36.7 Å². The van der Waals surface area contributed by atoms with Gasteiger partial charge in [-0.15, -0.1) is 24.0 Å². The molecule has 0 unspecified atom stereocenters. The zero-order valence-corrected chi connectivity index (χ0v) is 19.2. The Balaban J connectivity index is 0.00000300. The van der Waals surface area contributed by atoms with Gasteiger partial charge in [-0.05, 0) is 30.7 Å². The molecule has 0 radical (unpaired) electrons. The molecule has 3 aromatic rings. The zero-order valence-electron chi connectivity index (χ0n) is 16.8. The zero-order chi connectivity index (χ0) is 19.6. The van der Waals surface area contributed by atoms with Crippen LogP contribution in [0.2, 0.25) is 0 Å². The molecule has 0 bridgehead atoms. The molecule has 6 nitrogen and oxygen atoms in total. The monoisotopic (exact) mass is 505 g/mol. The van der Waals surface area contributed by atoms with Gasteiger partial charge in [-0.3, -0.25) is 4.99 Å². The highest BCUT2D eigenvalue weighted by molar-refractivity contribution is 14.0. The molecular formula is C22H28IN5O. The number of hydrogen-bond donors (Lipinski definition) is 2. The number of halogens is 1. The van der Waals surface area contributed by atoms with Gasteiger partial charge < -0.3 is 20.0 Å². The van der Waals surface area contributed by atoms with Crippen molar-refractivity contribution in [2.45, 2.75) is 13.0 Å². The first-order valence-electron chi connectivity index (χ1n) is 9.47. The Morgan fingerprint density at radius 3 is 2.41 bits per heavy atom. The number of nitrogens with zero attached hydrogens (tertiary/aromatic N) is 3. The molecule has 0 saturated heterocycles. The van der Waals surface area contributed by atoms with Crippen LogP contribution in [0.15, 0.2) is 76.3 Å². The number of hydrogen-bond acceptors (Lipinski definition) is 4. The van der Waals surface area contributed by atoms with Crippen LogP contribution in [-0.4, -0.2) is 38.1 Å². The quantitative estimate of drug-likeness (QED) is 0.209. The average molecular weight is 505 g/mol. The van der Waals surface area contributed by atoms with Gasteiger partial charge in [0.2, 0.25) is 5.89 Å². The lowest BCUT2D eigenvalue weighted by molar-refractivity contribution is 0.572. The minimum Gasteiger partial charge on any atom is -0.444 e. The third-order valence-corrected chi connectivity index (χ3v) is 4.39. The van der Waals surface area contributed by atoms with Crippen LogP contribution in [0.3, 0.4) is 0 Å². The van der Waals surface area contributed by atoms with Crippen LogP contribution in [0.4, 0.5) is 5.69 Å². The first-order chi connectivity index (χ1) is 13.8. The molecule has 7 heteroatoms. The third-order valence-electron chi connectivity index (χ3n) is 4.39. The number of aliphatic imine (C=N–C) groups is 1. The van der Waals surface area contributed by atoms with Gasteiger partial charge in [-0.1, -0.05) is 36.4 Å². The molecule has 0 aliphatic rings. The van der Waals surface area contributed by atoms with E-state index in [-0.39, 0.29) is 24.0 Å². The van der Waals surface area contributed by atoms with Gasteiger partial charge >= 0.3 is 0 Å². The van der Waals surface area contributed by atoms with Crippen LogP contribution >= 0.6 is 24.0 Å². The van der Waals surface area contributed by atoms with E-state index in [1.807, 2.05) is 36.4 Å². The summed E-state index contributed by atoms with van der Waals surface area (Å²) in [6.07, 6.45) is 2.69. The number of aromatic nitrogens is 1. The van der Waals surface area contributed by atoms with E-state index in [2.05, 4.69) is 56.8 Å². The Morgan fingerprint density at radius 1 is 1.03 bits per heavy atom. The molecule has 0 aliphatic carbocycles. The van der Waals surface area contributed by atoms with E-state index in [0.29, 0.717) is 12.4 Å². The molecule has 29 heavy (non-hydrogen) atoms. The molecule has 0 saturated carbocycles. The van der Waals surface area contributed by atoms with Gasteiger partial charge in [0, 0.05) is 38.4 Å². The lowest BCUT2D eigenvalue weighted by Gasteiger charge is -2.19. The number of oxazole rings is 1. The molecule has 0 fully saturated rings. The van der Waals surface area contributed by atoms with Gasteiger partial charge in [0.05, 0.1) is 12.2 Å². The van der Waals surface area contributed by atoms with Gasteiger partial charge in [0.1, 0.15) is 6.26 Å². The fourth-order valence-electron chi connectivity index (χ4n) is 2.83. The normalized spacial score (nSPS) is 10.9. The summed E-state index contributed by atoms with van der Waals surface area (Å²) in [7, 11) is 3.88. The molecule has 2 N–H and O–H groups in total. The molecule has 0 amide bonds. The number of guanidine groups is 1. The highest BCUT2D eigenvalue weighted by Crippen LogP contribution is 2.17. The number of nitrogens with one attached hydrogen (secondary N) is 2.